The molecule has 25 heavy (non-hydrogen) atoms. The first-order valence-corrected chi connectivity index (χ1v) is 9.60. The Morgan fingerprint density at radius 1 is 1.28 bits per heavy atom. The van der Waals surface area contributed by atoms with Gasteiger partial charge in [-0.1, -0.05) is 37.6 Å². The highest BCUT2D eigenvalue weighted by atomic mass is 35.5. The number of hydrogen-bond donors (Lipinski definition) is 1. The lowest BCUT2D eigenvalue weighted by Gasteiger charge is -2.20. The highest BCUT2D eigenvalue weighted by Crippen LogP contribution is 2.43. The molecule has 1 unspecified atom stereocenters. The van der Waals surface area contributed by atoms with E-state index in [0.717, 1.165) is 42.6 Å². The van der Waals surface area contributed by atoms with Crippen LogP contribution in [-0.2, 0) is 12.8 Å². The van der Waals surface area contributed by atoms with Crippen LogP contribution >= 0.6 is 11.6 Å². The highest BCUT2D eigenvalue weighted by Gasteiger charge is 2.32. The normalized spacial score (nSPS) is 19.0. The van der Waals surface area contributed by atoms with Crippen LogP contribution in [0.4, 0.5) is 0 Å². The van der Waals surface area contributed by atoms with Crippen molar-refractivity contribution in [2.75, 3.05) is 0 Å². The molecule has 1 fully saturated rings. The van der Waals surface area contributed by atoms with E-state index >= 15 is 0 Å². The molecule has 5 heteroatoms. The van der Waals surface area contributed by atoms with Crippen LogP contribution in [0, 0.1) is 6.92 Å². The fourth-order valence-electron chi connectivity index (χ4n) is 3.60. The largest absolute Gasteiger partial charge is 0.327 e. The SMILES string of the molecule is CC.Cc1nn(C(=O)c2c(Cl)cccc2C2CC2)c2c1CCC(N)C2. The third-order valence-corrected chi connectivity index (χ3v) is 5.30. The molecule has 1 aromatic carbocycles. The minimum Gasteiger partial charge on any atom is -0.327 e. The number of aryl methyl sites for hydroxylation is 1. The summed E-state index contributed by atoms with van der Waals surface area (Å²) >= 11 is 6.38. The zero-order valence-corrected chi connectivity index (χ0v) is 15.9. The van der Waals surface area contributed by atoms with E-state index in [-0.39, 0.29) is 11.9 Å². The van der Waals surface area contributed by atoms with Crippen molar-refractivity contribution in [3.05, 3.63) is 51.3 Å². The van der Waals surface area contributed by atoms with Gasteiger partial charge in [-0.25, -0.2) is 4.68 Å². The Bertz CT molecular complexity index is 792. The molecule has 0 radical (unpaired) electrons. The molecule has 4 nitrogen and oxygen atoms in total. The lowest BCUT2D eigenvalue weighted by Crippen LogP contribution is -2.30. The van der Waals surface area contributed by atoms with Gasteiger partial charge in [-0.2, -0.15) is 5.10 Å². The number of fused-ring (bicyclic) bond motifs is 1. The molecule has 134 valence electrons. The Hall–Kier alpha value is -1.65. The second-order valence-corrected chi connectivity index (χ2v) is 7.12. The first kappa shape index (κ1) is 18.2. The lowest BCUT2D eigenvalue weighted by atomic mass is 9.92. The predicted octanol–water partition coefficient (Wildman–Crippen LogP) is 4.25. The topological polar surface area (TPSA) is 60.9 Å². The summed E-state index contributed by atoms with van der Waals surface area (Å²) in [6.07, 6.45) is 4.80. The molecule has 0 saturated heterocycles. The van der Waals surface area contributed by atoms with Gasteiger partial charge in [0.25, 0.3) is 5.91 Å². The van der Waals surface area contributed by atoms with Gasteiger partial charge in [-0.3, -0.25) is 4.79 Å². The molecule has 1 heterocycles. The first-order chi connectivity index (χ1) is 12.1. The number of hydrogen-bond acceptors (Lipinski definition) is 3. The van der Waals surface area contributed by atoms with Crippen molar-refractivity contribution in [3.63, 3.8) is 0 Å². The molecule has 0 bridgehead atoms. The molecule has 2 aliphatic carbocycles. The van der Waals surface area contributed by atoms with Crippen LogP contribution in [0.3, 0.4) is 0 Å². The number of aromatic nitrogens is 2. The first-order valence-electron chi connectivity index (χ1n) is 9.22. The van der Waals surface area contributed by atoms with Crippen LogP contribution in [0.25, 0.3) is 0 Å². The zero-order chi connectivity index (χ0) is 18.1. The van der Waals surface area contributed by atoms with Gasteiger partial charge in [-0.15, -0.1) is 0 Å². The van der Waals surface area contributed by atoms with Gasteiger partial charge in [-0.05, 0) is 55.7 Å². The molecular weight excluding hydrogens is 334 g/mol. The quantitative estimate of drug-likeness (QED) is 0.871. The Morgan fingerprint density at radius 2 is 2.00 bits per heavy atom. The second-order valence-electron chi connectivity index (χ2n) is 6.71. The summed E-state index contributed by atoms with van der Waals surface area (Å²) in [6, 6.07) is 5.83. The lowest BCUT2D eigenvalue weighted by molar-refractivity contribution is 0.0939. The standard InChI is InChI=1S/C18H20ClN3O.C2H6/c1-10-13-8-7-12(20)9-16(13)22(21-10)18(23)17-14(11-5-6-11)3-2-4-15(17)19;1-2/h2-4,11-12H,5-9,20H2,1H3;1-2H3. The molecule has 0 spiro atoms. The molecule has 2 aliphatic rings. The number of halogens is 1. The fourth-order valence-corrected chi connectivity index (χ4v) is 3.86. The highest BCUT2D eigenvalue weighted by molar-refractivity contribution is 6.34. The van der Waals surface area contributed by atoms with E-state index in [4.69, 9.17) is 17.3 Å². The summed E-state index contributed by atoms with van der Waals surface area (Å²) in [5.74, 6) is 0.346. The third-order valence-electron chi connectivity index (χ3n) is 4.98. The molecular formula is C20H26ClN3O. The van der Waals surface area contributed by atoms with E-state index in [1.165, 1.54) is 5.56 Å². The average Bonchev–Trinajstić information content (AvgIpc) is 3.40. The summed E-state index contributed by atoms with van der Waals surface area (Å²) in [4.78, 5) is 13.2. The van der Waals surface area contributed by atoms with Crippen LogP contribution in [0.2, 0.25) is 5.02 Å². The van der Waals surface area contributed by atoms with Crippen LogP contribution in [0.1, 0.15) is 71.9 Å². The molecule has 1 aromatic heterocycles. The van der Waals surface area contributed by atoms with Gasteiger partial charge in [0.2, 0.25) is 0 Å². The summed E-state index contributed by atoms with van der Waals surface area (Å²) < 4.78 is 1.55. The minimum atomic E-state index is -0.115. The van der Waals surface area contributed by atoms with Gasteiger partial charge in [0.05, 0.1) is 22.0 Å². The van der Waals surface area contributed by atoms with E-state index in [1.54, 1.807) is 10.7 Å². The summed E-state index contributed by atoms with van der Waals surface area (Å²) in [5, 5.41) is 5.03. The summed E-state index contributed by atoms with van der Waals surface area (Å²) in [7, 11) is 0. The molecule has 0 amide bonds. The Kier molecular flexibility index (Phi) is 5.30. The van der Waals surface area contributed by atoms with Gasteiger partial charge < -0.3 is 5.73 Å². The summed E-state index contributed by atoms with van der Waals surface area (Å²) in [6.45, 7) is 5.97. The number of carbonyl (C=O) groups excluding carboxylic acids is 1. The van der Waals surface area contributed by atoms with Crippen molar-refractivity contribution in [2.24, 2.45) is 5.73 Å². The molecule has 2 N–H and O–H groups in total. The number of rotatable bonds is 2. The van der Waals surface area contributed by atoms with Crippen LogP contribution < -0.4 is 5.73 Å². The van der Waals surface area contributed by atoms with Gasteiger partial charge in [0.1, 0.15) is 0 Å². The Morgan fingerprint density at radius 3 is 2.68 bits per heavy atom. The Labute approximate surface area is 154 Å². The molecule has 1 atom stereocenters. The zero-order valence-electron chi connectivity index (χ0n) is 15.2. The van der Waals surface area contributed by atoms with Crippen LogP contribution in [0.15, 0.2) is 18.2 Å². The van der Waals surface area contributed by atoms with Gasteiger partial charge in [0, 0.05) is 12.5 Å². The smallest absolute Gasteiger partial charge is 0.280 e. The minimum absolute atomic E-state index is 0.0966. The molecule has 0 aliphatic heterocycles. The van der Waals surface area contributed by atoms with E-state index in [1.807, 2.05) is 32.9 Å². The maximum atomic E-state index is 13.2. The van der Waals surface area contributed by atoms with Crippen molar-refractivity contribution in [1.29, 1.82) is 0 Å². The van der Waals surface area contributed by atoms with Crippen molar-refractivity contribution in [3.8, 4) is 0 Å². The number of benzene rings is 1. The second kappa shape index (κ2) is 7.30. The van der Waals surface area contributed by atoms with Gasteiger partial charge >= 0.3 is 0 Å². The van der Waals surface area contributed by atoms with Crippen LogP contribution in [-0.4, -0.2) is 21.7 Å². The molecule has 4 rings (SSSR count). The number of carbonyl (C=O) groups is 1. The van der Waals surface area contributed by atoms with Crippen molar-refractivity contribution >= 4 is 17.5 Å². The number of nitrogens with zero attached hydrogens (tertiary/aromatic N) is 2. The number of nitrogens with two attached hydrogens (primary N) is 1. The van der Waals surface area contributed by atoms with Gasteiger partial charge in [0.15, 0.2) is 0 Å². The van der Waals surface area contributed by atoms with E-state index < -0.39 is 0 Å². The van der Waals surface area contributed by atoms with Crippen LogP contribution in [0.5, 0.6) is 0 Å². The molecule has 2 aromatic rings. The van der Waals surface area contributed by atoms with E-state index in [0.29, 0.717) is 22.9 Å². The van der Waals surface area contributed by atoms with Crippen molar-refractivity contribution < 1.29 is 4.79 Å². The fraction of sp³-hybridized carbons (Fsp3) is 0.500. The van der Waals surface area contributed by atoms with E-state index in [9.17, 15) is 4.79 Å². The average molecular weight is 360 g/mol. The monoisotopic (exact) mass is 359 g/mol. The Balaban J connectivity index is 0.000000880. The van der Waals surface area contributed by atoms with Crippen molar-refractivity contribution in [2.45, 2.75) is 64.8 Å². The third kappa shape index (κ3) is 3.38. The van der Waals surface area contributed by atoms with E-state index in [2.05, 4.69) is 5.10 Å². The predicted molar refractivity (Wildman–Crippen MR) is 101 cm³/mol. The molecule has 1 saturated carbocycles. The summed E-state index contributed by atoms with van der Waals surface area (Å²) in [5.41, 5.74) is 10.9. The maximum absolute atomic E-state index is 13.2. The van der Waals surface area contributed by atoms with Crippen molar-refractivity contribution in [1.82, 2.24) is 9.78 Å². The maximum Gasteiger partial charge on any atom is 0.280 e.